The minimum absolute atomic E-state index is 0.413. The number of nitrogens with zero attached hydrogens (tertiary/aromatic N) is 3. The smallest absolute Gasteiger partial charge is 0.147 e. The number of fused-ring (bicyclic) bond motifs is 1. The van der Waals surface area contributed by atoms with E-state index >= 15 is 0 Å². The van der Waals surface area contributed by atoms with E-state index < -0.39 is 8.07 Å². The molecule has 2 aliphatic heterocycles. The molecule has 166 valence electrons. The molecule has 2 aromatic heterocycles. The van der Waals surface area contributed by atoms with Gasteiger partial charge in [0.2, 0.25) is 0 Å². The molecular formula is C22H37N5O2Si. The summed E-state index contributed by atoms with van der Waals surface area (Å²) in [4.78, 5) is 9.34. The first-order valence-corrected chi connectivity index (χ1v) is 15.2. The standard InChI is InChI=1S/C22H37N5O2Si/c1-30(2,3)12-11-29-16-27-14-19(17-6-9-28-10-7-17)20-21(24-15-25-22(20)27)26-18-5-4-8-23-13-18/h14-15,17-18,23H,4-13,16H2,1-3H3,(H,24,25,26)/t18-/m1/s1. The molecule has 2 saturated heterocycles. The fourth-order valence-corrected chi connectivity index (χ4v) is 5.15. The van der Waals surface area contributed by atoms with E-state index in [1.165, 1.54) is 29.8 Å². The molecule has 0 spiro atoms. The number of aromatic nitrogens is 3. The van der Waals surface area contributed by atoms with Gasteiger partial charge in [-0.15, -0.1) is 0 Å². The fourth-order valence-electron chi connectivity index (χ4n) is 4.39. The lowest BCUT2D eigenvalue weighted by molar-refractivity contribution is 0.0840. The SMILES string of the molecule is C[Si](C)(C)CCOCn1cc(C2CCOCC2)c2c(N[C@@H]3CCCNC3)ncnc21. The van der Waals surface area contributed by atoms with Gasteiger partial charge in [-0.2, -0.15) is 0 Å². The van der Waals surface area contributed by atoms with Crippen LogP contribution < -0.4 is 10.6 Å². The summed E-state index contributed by atoms with van der Waals surface area (Å²) in [7, 11) is -1.09. The van der Waals surface area contributed by atoms with Gasteiger partial charge < -0.3 is 24.7 Å². The molecule has 0 aromatic carbocycles. The van der Waals surface area contributed by atoms with Crippen molar-refractivity contribution in [3.05, 3.63) is 18.1 Å². The third-order valence-corrected chi connectivity index (χ3v) is 7.91. The molecule has 0 unspecified atom stereocenters. The molecule has 0 bridgehead atoms. The van der Waals surface area contributed by atoms with Crippen LogP contribution in [0.15, 0.2) is 12.5 Å². The minimum atomic E-state index is -1.09. The van der Waals surface area contributed by atoms with E-state index in [9.17, 15) is 0 Å². The van der Waals surface area contributed by atoms with Crippen molar-refractivity contribution in [2.75, 3.05) is 38.2 Å². The van der Waals surface area contributed by atoms with Crippen LogP contribution in [0.3, 0.4) is 0 Å². The molecule has 2 N–H and O–H groups in total. The number of piperidine rings is 1. The van der Waals surface area contributed by atoms with Crippen molar-refractivity contribution in [1.29, 1.82) is 0 Å². The minimum Gasteiger partial charge on any atom is -0.381 e. The van der Waals surface area contributed by atoms with E-state index in [0.29, 0.717) is 18.7 Å². The van der Waals surface area contributed by atoms with Crippen LogP contribution in [-0.4, -0.2) is 61.6 Å². The number of nitrogens with one attached hydrogen (secondary N) is 2. The second-order valence-corrected chi connectivity index (χ2v) is 15.5. The topological polar surface area (TPSA) is 73.2 Å². The quantitative estimate of drug-likeness (QED) is 0.489. The Morgan fingerprint density at radius 3 is 2.80 bits per heavy atom. The van der Waals surface area contributed by atoms with Crippen molar-refractivity contribution in [3.63, 3.8) is 0 Å². The van der Waals surface area contributed by atoms with Crippen molar-refractivity contribution >= 4 is 24.9 Å². The van der Waals surface area contributed by atoms with Crippen LogP contribution in [0.1, 0.15) is 37.2 Å². The molecule has 7 nitrogen and oxygen atoms in total. The number of rotatable bonds is 8. The van der Waals surface area contributed by atoms with Crippen LogP contribution >= 0.6 is 0 Å². The van der Waals surface area contributed by atoms with Crippen LogP contribution in [0.4, 0.5) is 5.82 Å². The highest BCUT2D eigenvalue weighted by molar-refractivity contribution is 6.76. The molecule has 4 rings (SSSR count). The van der Waals surface area contributed by atoms with Gasteiger partial charge in [-0.1, -0.05) is 19.6 Å². The Morgan fingerprint density at radius 2 is 2.07 bits per heavy atom. The second kappa shape index (κ2) is 9.76. The van der Waals surface area contributed by atoms with Gasteiger partial charge in [-0.25, -0.2) is 9.97 Å². The van der Waals surface area contributed by atoms with Crippen LogP contribution in [-0.2, 0) is 16.2 Å². The number of anilines is 1. The predicted molar refractivity (Wildman–Crippen MR) is 124 cm³/mol. The lowest BCUT2D eigenvalue weighted by atomic mass is 9.92. The highest BCUT2D eigenvalue weighted by Gasteiger charge is 2.25. The molecule has 0 radical (unpaired) electrons. The second-order valence-electron chi connectivity index (χ2n) is 9.90. The summed E-state index contributed by atoms with van der Waals surface area (Å²) in [5.41, 5.74) is 2.32. The average Bonchev–Trinajstić information content (AvgIpc) is 3.12. The van der Waals surface area contributed by atoms with E-state index in [1.54, 1.807) is 6.33 Å². The molecule has 8 heteroatoms. The predicted octanol–water partition coefficient (Wildman–Crippen LogP) is 3.80. The Labute approximate surface area is 181 Å². The Balaban J connectivity index is 1.60. The molecule has 30 heavy (non-hydrogen) atoms. The maximum absolute atomic E-state index is 6.08. The lowest BCUT2D eigenvalue weighted by Crippen LogP contribution is -2.38. The van der Waals surface area contributed by atoms with Gasteiger partial charge in [0.15, 0.2) is 0 Å². The monoisotopic (exact) mass is 431 g/mol. The number of hydrogen-bond acceptors (Lipinski definition) is 6. The van der Waals surface area contributed by atoms with Gasteiger partial charge in [0, 0.05) is 46.7 Å². The molecule has 1 atom stereocenters. The third-order valence-electron chi connectivity index (χ3n) is 6.21. The van der Waals surface area contributed by atoms with E-state index in [4.69, 9.17) is 9.47 Å². The summed E-state index contributed by atoms with van der Waals surface area (Å²) >= 11 is 0. The van der Waals surface area contributed by atoms with Crippen molar-refractivity contribution < 1.29 is 9.47 Å². The third kappa shape index (κ3) is 5.41. The molecule has 0 amide bonds. The lowest BCUT2D eigenvalue weighted by Gasteiger charge is -2.25. The maximum atomic E-state index is 6.08. The summed E-state index contributed by atoms with van der Waals surface area (Å²) < 4.78 is 13.9. The summed E-state index contributed by atoms with van der Waals surface area (Å²) in [5, 5.41) is 8.37. The summed E-state index contributed by atoms with van der Waals surface area (Å²) in [6.07, 6.45) is 8.42. The Kier molecular flexibility index (Phi) is 7.07. The molecule has 0 saturated carbocycles. The number of ether oxygens (including phenoxy) is 2. The fraction of sp³-hybridized carbons (Fsp3) is 0.727. The van der Waals surface area contributed by atoms with Crippen molar-refractivity contribution in [2.45, 2.75) is 70.1 Å². The molecule has 2 aliphatic rings. The maximum Gasteiger partial charge on any atom is 0.147 e. The first-order valence-electron chi connectivity index (χ1n) is 11.5. The van der Waals surface area contributed by atoms with Crippen LogP contribution in [0.2, 0.25) is 25.7 Å². The zero-order chi connectivity index (χ0) is 21.0. The van der Waals surface area contributed by atoms with Crippen molar-refractivity contribution in [3.8, 4) is 0 Å². The molecule has 4 heterocycles. The normalized spacial score (nSPS) is 21.2. The highest BCUT2D eigenvalue weighted by atomic mass is 28.3. The van der Waals surface area contributed by atoms with Gasteiger partial charge in [0.05, 0.1) is 5.39 Å². The molecule has 2 fully saturated rings. The van der Waals surface area contributed by atoms with E-state index in [0.717, 1.165) is 57.2 Å². The highest BCUT2D eigenvalue weighted by Crippen LogP contribution is 2.36. The first-order chi connectivity index (χ1) is 14.5. The largest absolute Gasteiger partial charge is 0.381 e. The van der Waals surface area contributed by atoms with E-state index in [-0.39, 0.29) is 0 Å². The zero-order valence-corrected chi connectivity index (χ0v) is 19.7. The van der Waals surface area contributed by atoms with Gasteiger partial charge in [-0.3, -0.25) is 0 Å². The van der Waals surface area contributed by atoms with E-state index in [2.05, 4.69) is 51.0 Å². The van der Waals surface area contributed by atoms with Crippen LogP contribution in [0.25, 0.3) is 11.0 Å². The Morgan fingerprint density at radius 1 is 1.23 bits per heavy atom. The summed E-state index contributed by atoms with van der Waals surface area (Å²) in [6.45, 7) is 12.3. The van der Waals surface area contributed by atoms with Gasteiger partial charge in [0.25, 0.3) is 0 Å². The molecule has 0 aliphatic carbocycles. The van der Waals surface area contributed by atoms with Gasteiger partial charge >= 0.3 is 0 Å². The van der Waals surface area contributed by atoms with Crippen molar-refractivity contribution in [2.24, 2.45) is 0 Å². The number of hydrogen-bond donors (Lipinski definition) is 2. The Hall–Kier alpha value is -1.48. The van der Waals surface area contributed by atoms with Gasteiger partial charge in [-0.05, 0) is 49.8 Å². The molecular weight excluding hydrogens is 394 g/mol. The summed E-state index contributed by atoms with van der Waals surface area (Å²) in [6, 6.07) is 1.59. The van der Waals surface area contributed by atoms with Crippen LogP contribution in [0, 0.1) is 0 Å². The molecule has 2 aromatic rings. The summed E-state index contributed by atoms with van der Waals surface area (Å²) in [5.74, 6) is 1.46. The average molecular weight is 432 g/mol. The van der Waals surface area contributed by atoms with Gasteiger partial charge in [0.1, 0.15) is 24.5 Å². The van der Waals surface area contributed by atoms with Crippen LogP contribution in [0.5, 0.6) is 0 Å². The van der Waals surface area contributed by atoms with Crippen molar-refractivity contribution in [1.82, 2.24) is 19.9 Å². The van der Waals surface area contributed by atoms with E-state index in [1.807, 2.05) is 0 Å². The first kappa shape index (κ1) is 21.7. The zero-order valence-electron chi connectivity index (χ0n) is 18.7. The Bertz CT molecular complexity index is 823.